The van der Waals surface area contributed by atoms with E-state index in [1.165, 1.54) is 29.8 Å². The molecule has 0 amide bonds. The summed E-state index contributed by atoms with van der Waals surface area (Å²) in [5, 5.41) is 8.20. The van der Waals surface area contributed by atoms with Crippen molar-refractivity contribution in [3.63, 3.8) is 0 Å². The Kier molecular flexibility index (Phi) is 3.94. The van der Waals surface area contributed by atoms with E-state index in [1.807, 2.05) is 0 Å². The van der Waals surface area contributed by atoms with Crippen LogP contribution in [0, 0.1) is 13.8 Å². The molecule has 0 radical (unpaired) electrons. The second-order valence-corrected chi connectivity index (χ2v) is 6.41. The Bertz CT molecular complexity index is 595. The molecule has 1 aromatic carbocycles. The van der Waals surface area contributed by atoms with Crippen LogP contribution >= 0.6 is 15.9 Å². The summed E-state index contributed by atoms with van der Waals surface area (Å²) in [4.78, 5) is 0. The number of nitrogens with zero attached hydrogens (tertiary/aromatic N) is 2. The van der Waals surface area contributed by atoms with E-state index in [9.17, 15) is 0 Å². The first-order chi connectivity index (χ1) is 9.66. The quantitative estimate of drug-likeness (QED) is 0.907. The molecule has 0 unspecified atom stereocenters. The van der Waals surface area contributed by atoms with Crippen LogP contribution in [0.2, 0.25) is 0 Å². The molecule has 3 rings (SSSR count). The molecular formula is C16H20BrN3. The number of aromatic nitrogens is 2. The number of hydrogen-bond donors (Lipinski definition) is 1. The normalized spacial score (nSPS) is 16.6. The first-order valence-corrected chi connectivity index (χ1v) is 7.99. The smallest absolute Gasteiger partial charge is 0.0649 e. The highest BCUT2D eigenvalue weighted by Crippen LogP contribution is 2.31. The third-order valence-electron chi connectivity index (χ3n) is 4.17. The minimum absolute atomic E-state index is 0.653. The lowest BCUT2D eigenvalue weighted by Gasteiger charge is -2.23. The average Bonchev–Trinajstić information content (AvgIpc) is 2.76. The maximum Gasteiger partial charge on any atom is 0.0649 e. The van der Waals surface area contributed by atoms with Crippen molar-refractivity contribution < 1.29 is 0 Å². The molecule has 1 aliphatic heterocycles. The van der Waals surface area contributed by atoms with Gasteiger partial charge in [0.1, 0.15) is 0 Å². The molecule has 0 saturated carbocycles. The van der Waals surface area contributed by atoms with Crippen molar-refractivity contribution in [1.82, 2.24) is 15.1 Å². The van der Waals surface area contributed by atoms with E-state index >= 15 is 0 Å². The topological polar surface area (TPSA) is 29.9 Å². The highest BCUT2D eigenvalue weighted by molar-refractivity contribution is 9.10. The third kappa shape index (κ3) is 2.54. The van der Waals surface area contributed by atoms with Gasteiger partial charge >= 0.3 is 0 Å². The monoisotopic (exact) mass is 333 g/mol. The van der Waals surface area contributed by atoms with Crippen molar-refractivity contribution in [3.8, 4) is 5.69 Å². The van der Waals surface area contributed by atoms with Gasteiger partial charge in [0, 0.05) is 10.2 Å². The zero-order valence-electron chi connectivity index (χ0n) is 12.0. The maximum absolute atomic E-state index is 4.77. The van der Waals surface area contributed by atoms with Gasteiger partial charge in [0.15, 0.2) is 0 Å². The van der Waals surface area contributed by atoms with Crippen molar-refractivity contribution in [3.05, 3.63) is 45.7 Å². The summed E-state index contributed by atoms with van der Waals surface area (Å²) in [6.07, 6.45) is 2.43. The van der Waals surface area contributed by atoms with E-state index in [0.717, 1.165) is 23.2 Å². The fourth-order valence-corrected chi connectivity index (χ4v) is 3.45. The van der Waals surface area contributed by atoms with E-state index in [-0.39, 0.29) is 0 Å². The van der Waals surface area contributed by atoms with Gasteiger partial charge in [-0.3, -0.25) is 0 Å². The Hall–Kier alpha value is -1.13. The van der Waals surface area contributed by atoms with E-state index < -0.39 is 0 Å². The molecule has 1 saturated heterocycles. The van der Waals surface area contributed by atoms with Gasteiger partial charge in [0.2, 0.25) is 0 Å². The zero-order chi connectivity index (χ0) is 14.1. The SMILES string of the molecule is Cc1nn(-c2ccc(Br)cc2)c(C)c1C1CCNCC1. The maximum atomic E-state index is 4.77. The average molecular weight is 334 g/mol. The van der Waals surface area contributed by atoms with Crippen LogP contribution < -0.4 is 5.32 Å². The number of aryl methyl sites for hydroxylation is 1. The molecule has 0 atom stereocenters. The summed E-state index contributed by atoms with van der Waals surface area (Å²) in [5.74, 6) is 0.653. The molecule has 1 N–H and O–H groups in total. The number of rotatable bonds is 2. The van der Waals surface area contributed by atoms with Crippen LogP contribution in [0.5, 0.6) is 0 Å². The van der Waals surface area contributed by atoms with E-state index in [2.05, 4.69) is 64.0 Å². The standard InChI is InChI=1S/C16H20BrN3/c1-11-16(13-7-9-18-10-8-13)12(2)20(19-11)15-5-3-14(17)4-6-15/h3-6,13,18H,7-10H2,1-2H3. The Morgan fingerprint density at radius 3 is 2.45 bits per heavy atom. The molecule has 4 heteroatoms. The molecule has 20 heavy (non-hydrogen) atoms. The van der Waals surface area contributed by atoms with Crippen molar-refractivity contribution in [2.24, 2.45) is 0 Å². The summed E-state index contributed by atoms with van der Waals surface area (Å²) in [6, 6.07) is 8.34. The van der Waals surface area contributed by atoms with Gasteiger partial charge in [-0.05, 0) is 75.5 Å². The Morgan fingerprint density at radius 1 is 1.15 bits per heavy atom. The molecule has 0 aliphatic carbocycles. The molecule has 1 aliphatic rings. The Morgan fingerprint density at radius 2 is 1.80 bits per heavy atom. The Balaban J connectivity index is 1.99. The fraction of sp³-hybridized carbons (Fsp3) is 0.438. The van der Waals surface area contributed by atoms with E-state index in [4.69, 9.17) is 5.10 Å². The van der Waals surface area contributed by atoms with E-state index in [0.29, 0.717) is 5.92 Å². The highest BCUT2D eigenvalue weighted by atomic mass is 79.9. The molecule has 1 fully saturated rings. The van der Waals surface area contributed by atoms with Crippen LogP contribution in [0.1, 0.15) is 35.7 Å². The first-order valence-electron chi connectivity index (χ1n) is 7.19. The number of benzene rings is 1. The van der Waals surface area contributed by atoms with Gasteiger partial charge in [-0.1, -0.05) is 15.9 Å². The zero-order valence-corrected chi connectivity index (χ0v) is 13.6. The number of piperidine rings is 1. The minimum Gasteiger partial charge on any atom is -0.317 e. The molecule has 1 aromatic heterocycles. The predicted octanol–water partition coefficient (Wildman–Crippen LogP) is 3.72. The minimum atomic E-state index is 0.653. The van der Waals surface area contributed by atoms with Crippen LogP contribution in [0.3, 0.4) is 0 Å². The van der Waals surface area contributed by atoms with Gasteiger partial charge in [-0.25, -0.2) is 4.68 Å². The third-order valence-corrected chi connectivity index (χ3v) is 4.69. The molecule has 2 heterocycles. The number of halogens is 1. The summed E-state index contributed by atoms with van der Waals surface area (Å²) in [7, 11) is 0. The summed E-state index contributed by atoms with van der Waals surface area (Å²) in [6.45, 7) is 6.57. The summed E-state index contributed by atoms with van der Waals surface area (Å²) >= 11 is 3.48. The predicted molar refractivity (Wildman–Crippen MR) is 85.6 cm³/mol. The lowest BCUT2D eigenvalue weighted by Crippen LogP contribution is -2.27. The lowest BCUT2D eigenvalue weighted by molar-refractivity contribution is 0.458. The van der Waals surface area contributed by atoms with Crippen LogP contribution in [-0.2, 0) is 0 Å². The van der Waals surface area contributed by atoms with Crippen LogP contribution in [0.15, 0.2) is 28.7 Å². The van der Waals surface area contributed by atoms with Crippen molar-refractivity contribution in [1.29, 1.82) is 0 Å². The molecule has 106 valence electrons. The van der Waals surface area contributed by atoms with Gasteiger partial charge in [-0.15, -0.1) is 0 Å². The Labute approximate surface area is 128 Å². The van der Waals surface area contributed by atoms with Crippen molar-refractivity contribution in [2.45, 2.75) is 32.6 Å². The van der Waals surface area contributed by atoms with Crippen molar-refractivity contribution in [2.75, 3.05) is 13.1 Å². The molecular weight excluding hydrogens is 314 g/mol. The number of hydrogen-bond acceptors (Lipinski definition) is 2. The van der Waals surface area contributed by atoms with Gasteiger partial charge in [-0.2, -0.15) is 5.10 Å². The van der Waals surface area contributed by atoms with Crippen molar-refractivity contribution >= 4 is 15.9 Å². The lowest BCUT2D eigenvalue weighted by atomic mass is 9.89. The fourth-order valence-electron chi connectivity index (χ4n) is 3.19. The van der Waals surface area contributed by atoms with Gasteiger partial charge < -0.3 is 5.32 Å². The molecule has 2 aromatic rings. The molecule has 0 spiro atoms. The van der Waals surface area contributed by atoms with Crippen LogP contribution in [0.4, 0.5) is 0 Å². The summed E-state index contributed by atoms with van der Waals surface area (Å²) in [5.41, 5.74) is 5.05. The van der Waals surface area contributed by atoms with E-state index in [1.54, 1.807) is 0 Å². The second-order valence-electron chi connectivity index (χ2n) is 5.50. The van der Waals surface area contributed by atoms with Crippen LogP contribution in [0.25, 0.3) is 5.69 Å². The highest BCUT2D eigenvalue weighted by Gasteiger charge is 2.23. The molecule has 0 bridgehead atoms. The van der Waals surface area contributed by atoms with Gasteiger partial charge in [0.05, 0.1) is 11.4 Å². The van der Waals surface area contributed by atoms with Crippen LogP contribution in [-0.4, -0.2) is 22.9 Å². The molecule has 3 nitrogen and oxygen atoms in total. The summed E-state index contributed by atoms with van der Waals surface area (Å²) < 4.78 is 3.18. The first kappa shape index (κ1) is 13.8. The largest absolute Gasteiger partial charge is 0.317 e. The van der Waals surface area contributed by atoms with Gasteiger partial charge in [0.25, 0.3) is 0 Å². The number of nitrogens with one attached hydrogen (secondary N) is 1. The second kappa shape index (κ2) is 5.70.